The third kappa shape index (κ3) is 5.59. The van der Waals surface area contributed by atoms with E-state index in [4.69, 9.17) is 15.0 Å². The Hall–Kier alpha value is -6.92. The first-order valence-electron chi connectivity index (χ1n) is 16.8. The molecule has 0 bridgehead atoms. The Morgan fingerprint density at radius 3 is 1.51 bits per heavy atom. The Bertz CT molecular complexity index is 2560. The molecule has 9 aromatic rings. The molecule has 0 amide bonds. The average Bonchev–Trinajstić information content (AvgIpc) is 3.54. The van der Waals surface area contributed by atoms with E-state index in [0.717, 1.165) is 50.0 Å². The molecule has 242 valence electrons. The number of anilines is 2. The van der Waals surface area contributed by atoms with Crippen LogP contribution in [-0.2, 0) is 0 Å². The van der Waals surface area contributed by atoms with Crippen LogP contribution in [-0.4, -0.2) is 19.5 Å². The van der Waals surface area contributed by atoms with E-state index in [1.165, 1.54) is 0 Å². The van der Waals surface area contributed by atoms with Crippen molar-refractivity contribution in [1.29, 1.82) is 0 Å². The normalized spacial score (nSPS) is 11.2. The number of nitrogens with one attached hydrogen (secondary N) is 1. The quantitative estimate of drug-likeness (QED) is 0.185. The van der Waals surface area contributed by atoms with Gasteiger partial charge in [-0.25, -0.2) is 19.3 Å². The van der Waals surface area contributed by atoms with E-state index in [2.05, 4.69) is 34.1 Å². The summed E-state index contributed by atoms with van der Waals surface area (Å²) in [5.74, 6) is 0.756. The van der Waals surface area contributed by atoms with Crippen LogP contribution < -0.4 is 5.32 Å². The largest absolute Gasteiger partial charge is 0.355 e. The van der Waals surface area contributed by atoms with Gasteiger partial charge in [0.15, 0.2) is 17.5 Å². The summed E-state index contributed by atoms with van der Waals surface area (Å²) in [5, 5.41) is 5.75. The molecule has 0 fully saturated rings. The number of nitrogens with zero attached hydrogens (tertiary/aromatic N) is 4. The van der Waals surface area contributed by atoms with Crippen molar-refractivity contribution in [2.24, 2.45) is 0 Å². The van der Waals surface area contributed by atoms with E-state index in [0.29, 0.717) is 22.8 Å². The first-order chi connectivity index (χ1) is 25.2. The summed E-state index contributed by atoms with van der Waals surface area (Å²) in [6.45, 7) is 0. The smallest absolute Gasteiger partial charge is 0.167 e. The highest BCUT2D eigenvalue weighted by molar-refractivity contribution is 6.09. The van der Waals surface area contributed by atoms with E-state index in [9.17, 15) is 0 Å². The van der Waals surface area contributed by atoms with E-state index in [-0.39, 0.29) is 11.4 Å². The summed E-state index contributed by atoms with van der Waals surface area (Å²) < 4.78 is 19.7. The monoisotopic (exact) mass is 659 g/mol. The Morgan fingerprint density at radius 1 is 0.431 bits per heavy atom. The highest BCUT2D eigenvalue weighted by Gasteiger charge is 2.23. The van der Waals surface area contributed by atoms with Gasteiger partial charge >= 0.3 is 0 Å². The van der Waals surface area contributed by atoms with Crippen LogP contribution in [0.4, 0.5) is 15.8 Å². The second-order valence-corrected chi connectivity index (χ2v) is 12.3. The molecule has 2 aromatic heterocycles. The molecule has 51 heavy (non-hydrogen) atoms. The standard InChI is InChI=1S/C45H30FN5/c46-42-37(34-22-10-13-25-39(34)47-32-20-8-3-9-21-32)28-33(51-40-26-14-11-23-35(40)36-24-12-15-27-41(36)51)29-38(42)45-49-43(30-16-4-1-5-17-30)48-44(50-45)31-18-6-2-7-19-31/h1-29,47H. The molecule has 0 unspecified atom stereocenters. The van der Waals surface area contributed by atoms with Crippen molar-refractivity contribution in [1.82, 2.24) is 19.5 Å². The lowest BCUT2D eigenvalue weighted by atomic mass is 9.98. The average molecular weight is 660 g/mol. The summed E-state index contributed by atoms with van der Waals surface area (Å²) in [4.78, 5) is 14.8. The van der Waals surface area contributed by atoms with Crippen molar-refractivity contribution in [2.45, 2.75) is 0 Å². The van der Waals surface area contributed by atoms with Crippen LogP contribution in [0, 0.1) is 5.82 Å². The maximum atomic E-state index is 17.5. The summed E-state index contributed by atoms with van der Waals surface area (Å²) in [6, 6.07) is 57.6. The molecule has 6 heteroatoms. The van der Waals surface area contributed by atoms with Crippen LogP contribution in [0.25, 0.3) is 72.8 Å². The predicted molar refractivity (Wildman–Crippen MR) is 206 cm³/mol. The van der Waals surface area contributed by atoms with Gasteiger partial charge in [0.1, 0.15) is 5.82 Å². The van der Waals surface area contributed by atoms with Gasteiger partial charge in [0.2, 0.25) is 0 Å². The number of para-hydroxylation sites is 4. The van der Waals surface area contributed by atoms with Crippen LogP contribution in [0.1, 0.15) is 0 Å². The lowest BCUT2D eigenvalue weighted by Crippen LogP contribution is -2.04. The van der Waals surface area contributed by atoms with E-state index in [1.54, 1.807) is 0 Å². The third-order valence-electron chi connectivity index (χ3n) is 9.11. The number of fused-ring (bicyclic) bond motifs is 3. The number of hydrogen-bond donors (Lipinski definition) is 1. The van der Waals surface area contributed by atoms with Gasteiger partial charge in [-0.3, -0.25) is 0 Å². The number of rotatable bonds is 7. The highest BCUT2D eigenvalue weighted by Crippen LogP contribution is 2.40. The molecular weight excluding hydrogens is 630 g/mol. The van der Waals surface area contributed by atoms with Crippen molar-refractivity contribution in [2.75, 3.05) is 5.32 Å². The number of halogens is 1. The summed E-state index contributed by atoms with van der Waals surface area (Å²) in [5.41, 5.74) is 7.54. The van der Waals surface area contributed by atoms with Crippen molar-refractivity contribution >= 4 is 33.2 Å². The molecule has 1 N–H and O–H groups in total. The first-order valence-corrected chi connectivity index (χ1v) is 16.8. The zero-order chi connectivity index (χ0) is 34.1. The Labute approximate surface area is 294 Å². The number of benzene rings is 7. The summed E-state index contributed by atoms with van der Waals surface area (Å²) in [7, 11) is 0. The summed E-state index contributed by atoms with van der Waals surface area (Å²) >= 11 is 0. The van der Waals surface area contributed by atoms with Crippen LogP contribution in [0.5, 0.6) is 0 Å². The number of aromatic nitrogens is 4. The molecule has 9 rings (SSSR count). The fourth-order valence-corrected chi connectivity index (χ4v) is 6.73. The van der Waals surface area contributed by atoms with Crippen LogP contribution >= 0.6 is 0 Å². The van der Waals surface area contributed by atoms with Gasteiger partial charge in [-0.1, -0.05) is 133 Å². The van der Waals surface area contributed by atoms with Crippen molar-refractivity contribution in [3.05, 3.63) is 182 Å². The second kappa shape index (κ2) is 12.8. The minimum Gasteiger partial charge on any atom is -0.355 e. The van der Waals surface area contributed by atoms with Gasteiger partial charge in [0.25, 0.3) is 0 Å². The molecule has 0 saturated heterocycles. The van der Waals surface area contributed by atoms with Crippen LogP contribution in [0.2, 0.25) is 0 Å². The topological polar surface area (TPSA) is 55.6 Å². The molecule has 0 atom stereocenters. The van der Waals surface area contributed by atoms with Gasteiger partial charge < -0.3 is 9.88 Å². The zero-order valence-corrected chi connectivity index (χ0v) is 27.4. The minimum absolute atomic E-state index is 0.248. The van der Waals surface area contributed by atoms with Gasteiger partial charge in [0.05, 0.1) is 16.6 Å². The maximum Gasteiger partial charge on any atom is 0.167 e. The first kappa shape index (κ1) is 30.2. The third-order valence-corrected chi connectivity index (χ3v) is 9.11. The van der Waals surface area contributed by atoms with Crippen LogP contribution in [0.15, 0.2) is 176 Å². The van der Waals surface area contributed by atoms with Crippen molar-refractivity contribution in [3.63, 3.8) is 0 Å². The number of hydrogen-bond acceptors (Lipinski definition) is 4. The molecule has 0 radical (unpaired) electrons. The van der Waals surface area contributed by atoms with Crippen LogP contribution in [0.3, 0.4) is 0 Å². The molecule has 0 aliphatic heterocycles. The van der Waals surface area contributed by atoms with Crippen molar-refractivity contribution in [3.8, 4) is 51.0 Å². The van der Waals surface area contributed by atoms with E-state index >= 15 is 4.39 Å². The second-order valence-electron chi connectivity index (χ2n) is 12.3. The van der Waals surface area contributed by atoms with Gasteiger partial charge in [-0.15, -0.1) is 0 Å². The zero-order valence-electron chi connectivity index (χ0n) is 27.4. The molecule has 0 saturated carbocycles. The SMILES string of the molecule is Fc1c(-c2nc(-c3ccccc3)nc(-c3ccccc3)n2)cc(-n2c3ccccc3c3ccccc32)cc1-c1ccccc1Nc1ccccc1. The van der Waals surface area contributed by atoms with Crippen molar-refractivity contribution < 1.29 is 4.39 Å². The Morgan fingerprint density at radius 2 is 0.902 bits per heavy atom. The van der Waals surface area contributed by atoms with E-state index in [1.807, 2.05) is 152 Å². The molecule has 5 nitrogen and oxygen atoms in total. The Balaban J connectivity index is 1.34. The Kier molecular flexibility index (Phi) is 7.59. The van der Waals surface area contributed by atoms with Gasteiger partial charge in [-0.05, 0) is 42.5 Å². The molecule has 0 spiro atoms. The highest BCUT2D eigenvalue weighted by atomic mass is 19.1. The molecule has 7 aromatic carbocycles. The lowest BCUT2D eigenvalue weighted by molar-refractivity contribution is 0.633. The fraction of sp³-hybridized carbons (Fsp3) is 0. The van der Waals surface area contributed by atoms with E-state index < -0.39 is 5.82 Å². The molecule has 2 heterocycles. The molecule has 0 aliphatic rings. The van der Waals surface area contributed by atoms with Gasteiger partial charge in [0, 0.05) is 50.1 Å². The van der Waals surface area contributed by atoms with Gasteiger partial charge in [-0.2, -0.15) is 0 Å². The molecular formula is C45H30FN5. The maximum absolute atomic E-state index is 17.5. The fourth-order valence-electron chi connectivity index (χ4n) is 6.73. The lowest BCUT2D eigenvalue weighted by Gasteiger charge is -2.18. The molecule has 0 aliphatic carbocycles. The minimum atomic E-state index is -0.425. The summed E-state index contributed by atoms with van der Waals surface area (Å²) in [6.07, 6.45) is 0. The predicted octanol–water partition coefficient (Wildman–Crippen LogP) is 11.5.